The van der Waals surface area contributed by atoms with Crippen LogP contribution in [-0.2, 0) is 4.79 Å². The van der Waals surface area contributed by atoms with Crippen molar-refractivity contribution in [2.24, 2.45) is 23.7 Å². The zero-order chi connectivity index (χ0) is 12.1. The Hall–Kier alpha value is -0.850. The molecule has 96 valence electrons. The van der Waals surface area contributed by atoms with Crippen LogP contribution in [0.5, 0.6) is 0 Å². The monoisotopic (exact) mass is 242 g/mol. The van der Waals surface area contributed by atoms with Gasteiger partial charge in [0, 0.05) is 12.3 Å². The molecule has 4 rings (SSSR count). The predicted octanol–water partition coefficient (Wildman–Crippen LogP) is 4.05. The van der Waals surface area contributed by atoms with Crippen LogP contribution in [-0.4, -0.2) is 5.78 Å². The van der Waals surface area contributed by atoms with Crippen LogP contribution in [0.3, 0.4) is 0 Å². The van der Waals surface area contributed by atoms with Crippen LogP contribution < -0.4 is 0 Å². The van der Waals surface area contributed by atoms with E-state index in [1.165, 1.54) is 44.9 Å². The lowest BCUT2D eigenvalue weighted by molar-refractivity contribution is -0.122. The van der Waals surface area contributed by atoms with E-state index in [9.17, 15) is 4.79 Å². The molecule has 2 fully saturated rings. The first-order valence-corrected chi connectivity index (χ1v) is 7.73. The van der Waals surface area contributed by atoms with E-state index in [0.29, 0.717) is 11.7 Å². The second kappa shape index (κ2) is 4.08. The van der Waals surface area contributed by atoms with E-state index < -0.39 is 0 Å². The highest BCUT2D eigenvalue weighted by atomic mass is 16.1. The summed E-state index contributed by atoms with van der Waals surface area (Å²) in [5.41, 5.74) is 3.54. The Labute approximate surface area is 109 Å². The summed E-state index contributed by atoms with van der Waals surface area (Å²) in [6.07, 6.45) is 14.4. The van der Waals surface area contributed by atoms with Gasteiger partial charge in [-0.05, 0) is 62.7 Å². The average Bonchev–Trinajstić information content (AvgIpc) is 2.80. The predicted molar refractivity (Wildman–Crippen MR) is 72.1 cm³/mol. The van der Waals surface area contributed by atoms with E-state index in [1.807, 2.05) is 0 Å². The van der Waals surface area contributed by atoms with Crippen molar-refractivity contribution < 1.29 is 4.79 Å². The third kappa shape index (κ3) is 1.49. The first-order chi connectivity index (χ1) is 8.84. The summed E-state index contributed by atoms with van der Waals surface area (Å²) < 4.78 is 0. The fraction of sp³-hybridized carbons (Fsp3) is 0.706. The highest BCUT2D eigenvalue weighted by molar-refractivity contribution is 5.83. The third-order valence-corrected chi connectivity index (χ3v) is 6.06. The van der Waals surface area contributed by atoms with E-state index in [0.717, 1.165) is 24.2 Å². The highest BCUT2D eigenvalue weighted by Gasteiger charge is 2.47. The van der Waals surface area contributed by atoms with Crippen LogP contribution >= 0.6 is 0 Å². The SMILES string of the molecule is O=C1CC[C@H]2[C@@H]3CCC4=C(CC=CC4)[C@H]3CC[C@H]12. The van der Waals surface area contributed by atoms with Crippen molar-refractivity contribution in [1.29, 1.82) is 0 Å². The lowest BCUT2D eigenvalue weighted by Crippen LogP contribution is -2.37. The van der Waals surface area contributed by atoms with Gasteiger partial charge in [0.2, 0.25) is 0 Å². The standard InChI is InChI=1S/C17H22O/c18-17-10-9-15-14-6-5-11-3-1-2-4-12(11)13(14)7-8-16(15)17/h1-2,13-16H,3-10H2/t13-,14-,15+,16+/m1/s1. The van der Waals surface area contributed by atoms with E-state index in [2.05, 4.69) is 12.2 Å². The van der Waals surface area contributed by atoms with Crippen LogP contribution in [0.15, 0.2) is 23.3 Å². The van der Waals surface area contributed by atoms with Crippen molar-refractivity contribution in [2.45, 2.75) is 51.4 Å². The molecule has 0 spiro atoms. The van der Waals surface area contributed by atoms with Gasteiger partial charge >= 0.3 is 0 Å². The van der Waals surface area contributed by atoms with Crippen molar-refractivity contribution in [2.75, 3.05) is 0 Å². The van der Waals surface area contributed by atoms with E-state index in [-0.39, 0.29) is 0 Å². The Kier molecular flexibility index (Phi) is 2.50. The average molecular weight is 242 g/mol. The number of ketones is 1. The van der Waals surface area contributed by atoms with Gasteiger partial charge in [-0.25, -0.2) is 0 Å². The minimum absolute atomic E-state index is 0.451. The molecule has 1 nitrogen and oxygen atoms in total. The maximum atomic E-state index is 11.9. The zero-order valence-electron chi connectivity index (χ0n) is 11.0. The summed E-state index contributed by atoms with van der Waals surface area (Å²) in [7, 11) is 0. The van der Waals surface area contributed by atoms with Gasteiger partial charge in [0.1, 0.15) is 5.78 Å². The number of carbonyl (C=O) groups excluding carboxylic acids is 1. The van der Waals surface area contributed by atoms with Crippen LogP contribution in [0, 0.1) is 23.7 Å². The molecule has 4 aliphatic carbocycles. The van der Waals surface area contributed by atoms with Crippen molar-refractivity contribution >= 4 is 5.78 Å². The molecule has 1 heteroatoms. The summed E-state index contributed by atoms with van der Waals surface area (Å²) >= 11 is 0. The van der Waals surface area contributed by atoms with Crippen LogP contribution in [0.1, 0.15) is 51.4 Å². The molecule has 0 aromatic heterocycles. The van der Waals surface area contributed by atoms with E-state index in [1.54, 1.807) is 11.1 Å². The fourth-order valence-corrected chi connectivity index (χ4v) is 5.27. The Morgan fingerprint density at radius 3 is 2.50 bits per heavy atom. The molecule has 0 unspecified atom stereocenters. The molecule has 4 aliphatic rings. The lowest BCUT2D eigenvalue weighted by atomic mass is 9.59. The summed E-state index contributed by atoms with van der Waals surface area (Å²) in [5.74, 6) is 3.47. The zero-order valence-corrected chi connectivity index (χ0v) is 11.0. The van der Waals surface area contributed by atoms with E-state index in [4.69, 9.17) is 0 Å². The van der Waals surface area contributed by atoms with Crippen LogP contribution in [0.25, 0.3) is 0 Å². The van der Waals surface area contributed by atoms with Gasteiger partial charge in [0.25, 0.3) is 0 Å². The first kappa shape index (κ1) is 11.0. The molecule has 0 amide bonds. The van der Waals surface area contributed by atoms with Crippen LogP contribution in [0.4, 0.5) is 0 Å². The molecule has 4 atom stereocenters. The molecular formula is C17H22O. The molecule has 18 heavy (non-hydrogen) atoms. The van der Waals surface area contributed by atoms with Gasteiger partial charge in [0.05, 0.1) is 0 Å². The number of hydrogen-bond acceptors (Lipinski definition) is 1. The van der Waals surface area contributed by atoms with Crippen LogP contribution in [0.2, 0.25) is 0 Å². The van der Waals surface area contributed by atoms with Crippen molar-refractivity contribution in [3.05, 3.63) is 23.3 Å². The second-order valence-corrected chi connectivity index (χ2v) is 6.67. The minimum Gasteiger partial charge on any atom is -0.299 e. The molecule has 0 aromatic carbocycles. The topological polar surface area (TPSA) is 17.1 Å². The van der Waals surface area contributed by atoms with Gasteiger partial charge < -0.3 is 0 Å². The molecule has 0 bridgehead atoms. The van der Waals surface area contributed by atoms with Crippen molar-refractivity contribution in [3.8, 4) is 0 Å². The quantitative estimate of drug-likeness (QED) is 0.586. The number of carbonyl (C=O) groups is 1. The van der Waals surface area contributed by atoms with Gasteiger partial charge in [-0.2, -0.15) is 0 Å². The molecule has 2 saturated carbocycles. The second-order valence-electron chi connectivity index (χ2n) is 6.67. The number of rotatable bonds is 0. The Morgan fingerprint density at radius 2 is 1.56 bits per heavy atom. The molecule has 0 N–H and O–H groups in total. The Balaban J connectivity index is 1.64. The van der Waals surface area contributed by atoms with Gasteiger partial charge in [-0.3, -0.25) is 4.79 Å². The molecular weight excluding hydrogens is 220 g/mol. The third-order valence-electron chi connectivity index (χ3n) is 6.06. The largest absolute Gasteiger partial charge is 0.299 e. The Bertz CT molecular complexity index is 443. The normalized spacial score (nSPS) is 42.6. The summed E-state index contributed by atoms with van der Waals surface area (Å²) in [5, 5.41) is 0. The summed E-state index contributed by atoms with van der Waals surface area (Å²) in [6.45, 7) is 0. The first-order valence-electron chi connectivity index (χ1n) is 7.73. The number of fused-ring (bicyclic) bond motifs is 4. The number of hydrogen-bond donors (Lipinski definition) is 0. The minimum atomic E-state index is 0.451. The highest BCUT2D eigenvalue weighted by Crippen LogP contribution is 2.54. The Morgan fingerprint density at radius 1 is 0.833 bits per heavy atom. The summed E-state index contributed by atoms with van der Waals surface area (Å²) in [6, 6.07) is 0. The van der Waals surface area contributed by atoms with Crippen molar-refractivity contribution in [1.82, 2.24) is 0 Å². The van der Waals surface area contributed by atoms with Crippen molar-refractivity contribution in [3.63, 3.8) is 0 Å². The smallest absolute Gasteiger partial charge is 0.136 e. The molecule has 0 heterocycles. The maximum absolute atomic E-state index is 11.9. The molecule has 0 radical (unpaired) electrons. The molecule has 0 aliphatic heterocycles. The fourth-order valence-electron chi connectivity index (χ4n) is 5.27. The van der Waals surface area contributed by atoms with Gasteiger partial charge in [0.15, 0.2) is 0 Å². The van der Waals surface area contributed by atoms with E-state index >= 15 is 0 Å². The summed E-state index contributed by atoms with van der Waals surface area (Å²) in [4.78, 5) is 11.9. The molecule has 0 saturated heterocycles. The number of Topliss-reactive ketones (excluding diaryl/α,β-unsaturated/α-hetero) is 1. The van der Waals surface area contributed by atoms with Gasteiger partial charge in [-0.1, -0.05) is 23.3 Å². The lowest BCUT2D eigenvalue weighted by Gasteiger charge is -2.45. The van der Waals surface area contributed by atoms with Gasteiger partial charge in [-0.15, -0.1) is 0 Å². The maximum Gasteiger partial charge on any atom is 0.136 e. The molecule has 0 aromatic rings. The number of allylic oxidation sites excluding steroid dienone is 4.